The van der Waals surface area contributed by atoms with Crippen molar-refractivity contribution >= 4 is 11.9 Å². The van der Waals surface area contributed by atoms with Gasteiger partial charge in [-0.1, -0.05) is 97.0 Å². The summed E-state index contributed by atoms with van der Waals surface area (Å²) in [6, 6.07) is 0. The van der Waals surface area contributed by atoms with Crippen LogP contribution in [0, 0.1) is 0 Å². The Morgan fingerprint density at radius 2 is 1.10 bits per heavy atom. The lowest BCUT2D eigenvalue weighted by atomic mass is 10.1. The molecular formula is C26H48O4. The lowest BCUT2D eigenvalue weighted by Crippen LogP contribution is -2.05. The maximum Gasteiger partial charge on any atom is 0.330 e. The highest BCUT2D eigenvalue weighted by Gasteiger charge is 2.02. The van der Waals surface area contributed by atoms with Crippen molar-refractivity contribution in [3.63, 3.8) is 0 Å². The highest BCUT2D eigenvalue weighted by molar-refractivity contribution is 5.81. The van der Waals surface area contributed by atoms with Crippen molar-refractivity contribution in [2.75, 3.05) is 13.2 Å². The van der Waals surface area contributed by atoms with Crippen LogP contribution in [0.5, 0.6) is 0 Å². The Labute approximate surface area is 186 Å². The van der Waals surface area contributed by atoms with Crippen molar-refractivity contribution < 1.29 is 19.1 Å². The van der Waals surface area contributed by atoms with Gasteiger partial charge in [-0.15, -0.1) is 0 Å². The number of hydrogen-bond donors (Lipinski definition) is 0. The molecule has 0 rings (SSSR count). The largest absolute Gasteiger partial charge is 0.466 e. The van der Waals surface area contributed by atoms with E-state index in [0.29, 0.717) is 19.6 Å². The minimum Gasteiger partial charge on any atom is -0.466 e. The molecule has 176 valence electrons. The second-order valence-corrected chi connectivity index (χ2v) is 8.28. The summed E-state index contributed by atoms with van der Waals surface area (Å²) in [7, 11) is 0. The number of rotatable bonds is 22. The molecule has 0 spiro atoms. The molecule has 0 amide bonds. The minimum absolute atomic E-state index is 0.0233. The van der Waals surface area contributed by atoms with Gasteiger partial charge in [0.1, 0.15) is 0 Å². The van der Waals surface area contributed by atoms with Crippen LogP contribution in [0.3, 0.4) is 0 Å². The number of carbonyl (C=O) groups is 2. The van der Waals surface area contributed by atoms with Crippen LogP contribution >= 0.6 is 0 Å². The first-order valence-electron chi connectivity index (χ1n) is 12.7. The van der Waals surface area contributed by atoms with Crippen molar-refractivity contribution in [3.8, 4) is 0 Å². The number of ether oxygens (including phenoxy) is 2. The Bertz CT molecular complexity index is 417. The van der Waals surface area contributed by atoms with E-state index in [1.54, 1.807) is 6.08 Å². The Morgan fingerprint density at radius 1 is 0.600 bits per heavy atom. The Morgan fingerprint density at radius 3 is 1.67 bits per heavy atom. The molecule has 0 aliphatic rings. The van der Waals surface area contributed by atoms with Gasteiger partial charge in [0.15, 0.2) is 0 Å². The quantitative estimate of drug-likeness (QED) is 0.101. The third kappa shape index (κ3) is 23.0. The average Bonchev–Trinajstić information content (AvgIpc) is 2.74. The van der Waals surface area contributed by atoms with Crippen LogP contribution in [0.4, 0.5) is 0 Å². The fraction of sp³-hybridized carbons (Fsp3) is 0.846. The summed E-state index contributed by atoms with van der Waals surface area (Å²) >= 11 is 0. The van der Waals surface area contributed by atoms with Gasteiger partial charge in [0, 0.05) is 12.5 Å². The van der Waals surface area contributed by atoms with Gasteiger partial charge in [0.2, 0.25) is 0 Å². The predicted octanol–water partition coefficient (Wildman–Crippen LogP) is 7.69. The summed E-state index contributed by atoms with van der Waals surface area (Å²) in [5.41, 5.74) is 0. The van der Waals surface area contributed by atoms with E-state index in [-0.39, 0.29) is 11.9 Å². The van der Waals surface area contributed by atoms with Gasteiger partial charge >= 0.3 is 11.9 Å². The monoisotopic (exact) mass is 424 g/mol. The summed E-state index contributed by atoms with van der Waals surface area (Å²) in [6.07, 6.45) is 23.7. The lowest BCUT2D eigenvalue weighted by Gasteiger charge is -2.04. The topological polar surface area (TPSA) is 52.6 Å². The van der Waals surface area contributed by atoms with Gasteiger partial charge < -0.3 is 9.47 Å². The highest BCUT2D eigenvalue weighted by atomic mass is 16.5. The molecule has 0 aromatic rings. The SMILES string of the molecule is CCCCCOC(=O)/C=C/CCCCCCCCCCCCC(=O)OCCCCC. The molecule has 4 nitrogen and oxygen atoms in total. The molecule has 0 aliphatic heterocycles. The van der Waals surface area contributed by atoms with Crippen molar-refractivity contribution in [3.05, 3.63) is 12.2 Å². The van der Waals surface area contributed by atoms with Crippen LogP contribution in [-0.4, -0.2) is 25.2 Å². The van der Waals surface area contributed by atoms with E-state index in [1.165, 1.54) is 44.9 Å². The molecule has 30 heavy (non-hydrogen) atoms. The average molecular weight is 425 g/mol. The molecule has 0 aromatic heterocycles. The zero-order chi connectivity index (χ0) is 22.1. The van der Waals surface area contributed by atoms with Crippen LogP contribution in [0.2, 0.25) is 0 Å². The predicted molar refractivity (Wildman–Crippen MR) is 126 cm³/mol. The minimum atomic E-state index is -0.199. The number of carbonyl (C=O) groups excluding carboxylic acids is 2. The first-order chi connectivity index (χ1) is 14.7. The smallest absolute Gasteiger partial charge is 0.330 e. The Kier molecular flexibility index (Phi) is 22.9. The molecular weight excluding hydrogens is 376 g/mol. The highest BCUT2D eigenvalue weighted by Crippen LogP contribution is 2.12. The summed E-state index contributed by atoms with van der Waals surface area (Å²) in [5, 5.41) is 0. The zero-order valence-electron chi connectivity index (χ0n) is 19.9. The Hall–Kier alpha value is -1.32. The second-order valence-electron chi connectivity index (χ2n) is 8.28. The molecule has 0 saturated heterocycles. The summed E-state index contributed by atoms with van der Waals surface area (Å²) in [6.45, 7) is 5.43. The van der Waals surface area contributed by atoms with E-state index in [9.17, 15) is 9.59 Å². The third-order valence-corrected chi connectivity index (χ3v) is 5.26. The molecule has 0 atom stereocenters. The molecule has 0 radical (unpaired) electrons. The third-order valence-electron chi connectivity index (χ3n) is 5.26. The van der Waals surface area contributed by atoms with Crippen LogP contribution < -0.4 is 0 Å². The van der Waals surface area contributed by atoms with E-state index in [2.05, 4.69) is 13.8 Å². The second kappa shape index (κ2) is 24.0. The molecule has 0 bridgehead atoms. The number of hydrogen-bond acceptors (Lipinski definition) is 4. The van der Waals surface area contributed by atoms with Gasteiger partial charge in [-0.05, 0) is 32.1 Å². The van der Waals surface area contributed by atoms with E-state index in [1.807, 2.05) is 6.08 Å². The van der Waals surface area contributed by atoms with Gasteiger partial charge in [0.25, 0.3) is 0 Å². The zero-order valence-corrected chi connectivity index (χ0v) is 19.9. The van der Waals surface area contributed by atoms with Crippen LogP contribution in [0.25, 0.3) is 0 Å². The maximum absolute atomic E-state index is 11.6. The van der Waals surface area contributed by atoms with Crippen molar-refractivity contribution in [2.45, 2.75) is 129 Å². The molecule has 0 unspecified atom stereocenters. The molecule has 0 fully saturated rings. The first kappa shape index (κ1) is 28.7. The number of allylic oxidation sites excluding steroid dienone is 1. The fourth-order valence-corrected chi connectivity index (χ4v) is 3.31. The Balaban J connectivity index is 3.25. The molecule has 0 saturated carbocycles. The summed E-state index contributed by atoms with van der Waals surface area (Å²) in [5.74, 6) is -0.222. The number of unbranched alkanes of at least 4 members (excludes halogenated alkanes) is 14. The molecule has 0 N–H and O–H groups in total. The van der Waals surface area contributed by atoms with Gasteiger partial charge in [-0.3, -0.25) is 4.79 Å². The maximum atomic E-state index is 11.6. The van der Waals surface area contributed by atoms with Gasteiger partial charge in [-0.2, -0.15) is 0 Å². The van der Waals surface area contributed by atoms with E-state index < -0.39 is 0 Å². The molecule has 4 heteroatoms. The van der Waals surface area contributed by atoms with E-state index in [4.69, 9.17) is 9.47 Å². The molecule has 0 heterocycles. The number of esters is 2. The standard InChI is InChI=1S/C26H48O4/c1-3-5-19-23-29-25(27)21-17-15-13-11-9-7-8-10-12-14-16-18-22-26(28)30-24-20-6-4-2/h17,21H,3-16,18-20,22-24H2,1-2H3/b21-17+. The molecule has 0 aliphatic carbocycles. The fourth-order valence-electron chi connectivity index (χ4n) is 3.31. The van der Waals surface area contributed by atoms with Crippen molar-refractivity contribution in [1.82, 2.24) is 0 Å². The molecule has 0 aromatic carbocycles. The van der Waals surface area contributed by atoms with Crippen LogP contribution in [0.1, 0.15) is 129 Å². The van der Waals surface area contributed by atoms with Crippen molar-refractivity contribution in [1.29, 1.82) is 0 Å². The van der Waals surface area contributed by atoms with Crippen LogP contribution in [-0.2, 0) is 19.1 Å². The first-order valence-corrected chi connectivity index (χ1v) is 12.7. The van der Waals surface area contributed by atoms with E-state index >= 15 is 0 Å². The summed E-state index contributed by atoms with van der Waals surface area (Å²) < 4.78 is 10.4. The van der Waals surface area contributed by atoms with Gasteiger partial charge in [0.05, 0.1) is 13.2 Å². The van der Waals surface area contributed by atoms with E-state index in [0.717, 1.165) is 64.2 Å². The van der Waals surface area contributed by atoms with Crippen LogP contribution in [0.15, 0.2) is 12.2 Å². The van der Waals surface area contributed by atoms with Crippen molar-refractivity contribution in [2.24, 2.45) is 0 Å². The lowest BCUT2D eigenvalue weighted by molar-refractivity contribution is -0.144. The summed E-state index contributed by atoms with van der Waals surface area (Å²) in [4.78, 5) is 23.0. The van der Waals surface area contributed by atoms with Gasteiger partial charge in [-0.25, -0.2) is 4.79 Å². The normalized spacial score (nSPS) is 11.1.